The Morgan fingerprint density at radius 2 is 1.68 bits per heavy atom. The summed E-state index contributed by atoms with van der Waals surface area (Å²) in [5, 5.41) is 12.8. The molecular weight excluding hydrogens is 391 g/mol. The van der Waals surface area contributed by atoms with Crippen molar-refractivity contribution in [3.63, 3.8) is 0 Å². The Balaban J connectivity index is 1.57. The van der Waals surface area contributed by atoms with E-state index in [1.54, 1.807) is 0 Å². The number of nitrogens with zero attached hydrogens (tertiary/aromatic N) is 6. The van der Waals surface area contributed by atoms with Gasteiger partial charge in [0.1, 0.15) is 5.82 Å². The molecule has 0 amide bonds. The predicted octanol–water partition coefficient (Wildman–Crippen LogP) is 3.86. The zero-order chi connectivity index (χ0) is 21.8. The molecule has 1 saturated heterocycles. The third-order valence-corrected chi connectivity index (χ3v) is 5.80. The molecule has 1 aromatic heterocycles. The minimum absolute atomic E-state index is 0.00111. The van der Waals surface area contributed by atoms with Crippen molar-refractivity contribution in [3.05, 3.63) is 77.4 Å². The molecule has 2 aromatic carbocycles. The van der Waals surface area contributed by atoms with Crippen molar-refractivity contribution in [2.75, 3.05) is 26.2 Å². The average Bonchev–Trinajstić information content (AvgIpc) is 3.13. The summed E-state index contributed by atoms with van der Waals surface area (Å²) in [7, 11) is 0. The summed E-state index contributed by atoms with van der Waals surface area (Å²) < 4.78 is 15.2. The third kappa shape index (κ3) is 5.17. The minimum Gasteiger partial charge on any atom is -0.298 e. The second kappa shape index (κ2) is 9.24. The summed E-state index contributed by atoms with van der Waals surface area (Å²) >= 11 is 0. The van der Waals surface area contributed by atoms with Crippen molar-refractivity contribution < 1.29 is 4.39 Å². The summed E-state index contributed by atoms with van der Waals surface area (Å²) in [5.41, 5.74) is 2.15. The lowest BCUT2D eigenvalue weighted by Gasteiger charge is -2.32. The van der Waals surface area contributed by atoms with Gasteiger partial charge in [-0.05, 0) is 67.4 Å². The van der Waals surface area contributed by atoms with Gasteiger partial charge in [0.05, 0.1) is 11.6 Å². The fourth-order valence-electron chi connectivity index (χ4n) is 4.26. The lowest BCUT2D eigenvalue weighted by atomic mass is 10.0. The fourth-order valence-corrected chi connectivity index (χ4v) is 4.26. The topological polar surface area (TPSA) is 50.1 Å². The smallest absolute Gasteiger partial charge is 0.173 e. The highest BCUT2D eigenvalue weighted by molar-refractivity contribution is 5.25. The summed E-state index contributed by atoms with van der Waals surface area (Å²) in [6, 6.07) is 17.3. The van der Waals surface area contributed by atoms with Crippen LogP contribution in [0, 0.1) is 5.82 Å². The maximum absolute atomic E-state index is 13.2. The molecule has 0 aliphatic carbocycles. The van der Waals surface area contributed by atoms with Crippen LogP contribution in [0.25, 0.3) is 0 Å². The highest BCUT2D eigenvalue weighted by Crippen LogP contribution is 2.30. The van der Waals surface area contributed by atoms with Crippen LogP contribution in [-0.4, -0.2) is 56.2 Å². The molecule has 31 heavy (non-hydrogen) atoms. The number of halogens is 1. The SMILES string of the molecule is CC(C)(C)n1nnnc1C(c1ccccc1)N1CCCN(Cc2ccc(F)cc2)CC1. The highest BCUT2D eigenvalue weighted by atomic mass is 19.1. The number of tetrazole rings is 1. The lowest BCUT2D eigenvalue weighted by Crippen LogP contribution is -2.37. The molecule has 1 unspecified atom stereocenters. The standard InChI is InChI=1S/C24H31FN6/c1-24(2,3)31-23(26-27-28-31)22(20-8-5-4-6-9-20)30-15-7-14-29(16-17-30)18-19-10-12-21(25)13-11-19/h4-6,8-13,22H,7,14-18H2,1-3H3. The molecule has 1 fully saturated rings. The molecule has 0 bridgehead atoms. The molecule has 0 spiro atoms. The van der Waals surface area contributed by atoms with Crippen molar-refractivity contribution in [2.45, 2.75) is 45.3 Å². The third-order valence-electron chi connectivity index (χ3n) is 5.80. The first-order valence-electron chi connectivity index (χ1n) is 11.0. The van der Waals surface area contributed by atoms with Crippen molar-refractivity contribution in [1.29, 1.82) is 0 Å². The van der Waals surface area contributed by atoms with Crippen LogP contribution in [0.3, 0.4) is 0 Å². The van der Waals surface area contributed by atoms with Gasteiger partial charge in [-0.25, -0.2) is 9.07 Å². The molecule has 1 atom stereocenters. The van der Waals surface area contributed by atoms with Gasteiger partial charge in [0.15, 0.2) is 5.82 Å². The highest BCUT2D eigenvalue weighted by Gasteiger charge is 2.32. The van der Waals surface area contributed by atoms with Crippen molar-refractivity contribution in [2.24, 2.45) is 0 Å². The van der Waals surface area contributed by atoms with E-state index in [0.717, 1.165) is 50.5 Å². The second-order valence-corrected chi connectivity index (χ2v) is 9.23. The second-order valence-electron chi connectivity index (χ2n) is 9.23. The van der Waals surface area contributed by atoms with Gasteiger partial charge in [0.25, 0.3) is 0 Å². The summed E-state index contributed by atoms with van der Waals surface area (Å²) in [4.78, 5) is 4.94. The summed E-state index contributed by atoms with van der Waals surface area (Å²) in [6.45, 7) is 11.1. The molecule has 1 aliphatic rings. The van der Waals surface area contributed by atoms with E-state index in [1.165, 1.54) is 17.7 Å². The van der Waals surface area contributed by atoms with Crippen molar-refractivity contribution in [1.82, 2.24) is 30.0 Å². The van der Waals surface area contributed by atoms with E-state index in [2.05, 4.69) is 70.4 Å². The van der Waals surface area contributed by atoms with Crippen molar-refractivity contribution in [3.8, 4) is 0 Å². The van der Waals surface area contributed by atoms with Crippen LogP contribution < -0.4 is 0 Å². The molecule has 2 heterocycles. The Bertz CT molecular complexity index is 964. The fraction of sp³-hybridized carbons (Fsp3) is 0.458. The molecular formula is C24H31FN6. The molecule has 0 saturated carbocycles. The van der Waals surface area contributed by atoms with E-state index < -0.39 is 0 Å². The molecule has 164 valence electrons. The monoisotopic (exact) mass is 422 g/mol. The first-order chi connectivity index (χ1) is 14.9. The molecule has 7 heteroatoms. The minimum atomic E-state index is -0.202. The van der Waals surface area contributed by atoms with Crippen LogP contribution in [0.2, 0.25) is 0 Å². The van der Waals surface area contributed by atoms with E-state index >= 15 is 0 Å². The van der Waals surface area contributed by atoms with Gasteiger partial charge >= 0.3 is 0 Å². The predicted molar refractivity (Wildman–Crippen MR) is 119 cm³/mol. The van der Waals surface area contributed by atoms with Gasteiger partial charge < -0.3 is 0 Å². The van der Waals surface area contributed by atoms with Crippen LogP contribution in [-0.2, 0) is 12.1 Å². The Labute approximate surface area is 183 Å². The number of rotatable bonds is 5. The van der Waals surface area contributed by atoms with Gasteiger partial charge in [-0.1, -0.05) is 42.5 Å². The van der Waals surface area contributed by atoms with Crippen LogP contribution in [0.1, 0.15) is 50.2 Å². The largest absolute Gasteiger partial charge is 0.298 e. The molecule has 1 aliphatic heterocycles. The molecule has 0 N–H and O–H groups in total. The number of hydrogen-bond donors (Lipinski definition) is 0. The van der Waals surface area contributed by atoms with Gasteiger partial charge in [-0.15, -0.1) is 5.10 Å². The first kappa shape index (κ1) is 21.6. The quantitative estimate of drug-likeness (QED) is 0.625. The summed E-state index contributed by atoms with van der Waals surface area (Å²) in [6.07, 6.45) is 1.06. The lowest BCUT2D eigenvalue weighted by molar-refractivity contribution is 0.201. The van der Waals surface area contributed by atoms with Crippen LogP contribution in [0.5, 0.6) is 0 Å². The van der Waals surface area contributed by atoms with Crippen LogP contribution in [0.4, 0.5) is 4.39 Å². The van der Waals surface area contributed by atoms with E-state index in [9.17, 15) is 4.39 Å². The molecule has 6 nitrogen and oxygen atoms in total. The maximum atomic E-state index is 13.2. The van der Waals surface area contributed by atoms with Gasteiger partial charge in [-0.2, -0.15) is 0 Å². The van der Waals surface area contributed by atoms with Crippen LogP contribution in [0.15, 0.2) is 54.6 Å². The number of benzene rings is 2. The van der Waals surface area contributed by atoms with E-state index in [1.807, 2.05) is 22.9 Å². The van der Waals surface area contributed by atoms with E-state index in [4.69, 9.17) is 0 Å². The van der Waals surface area contributed by atoms with Crippen LogP contribution >= 0.6 is 0 Å². The zero-order valence-corrected chi connectivity index (χ0v) is 18.6. The van der Waals surface area contributed by atoms with Crippen molar-refractivity contribution >= 4 is 0 Å². The number of hydrogen-bond acceptors (Lipinski definition) is 5. The van der Waals surface area contributed by atoms with Gasteiger partial charge in [0, 0.05) is 26.2 Å². The summed E-state index contributed by atoms with van der Waals surface area (Å²) in [5.74, 6) is 0.693. The Morgan fingerprint density at radius 3 is 2.39 bits per heavy atom. The Morgan fingerprint density at radius 1 is 0.935 bits per heavy atom. The number of aromatic nitrogens is 4. The van der Waals surface area contributed by atoms with Gasteiger partial charge in [0.2, 0.25) is 0 Å². The van der Waals surface area contributed by atoms with E-state index in [-0.39, 0.29) is 17.4 Å². The molecule has 3 aromatic rings. The van der Waals surface area contributed by atoms with E-state index in [0.29, 0.717) is 0 Å². The average molecular weight is 423 g/mol. The first-order valence-corrected chi connectivity index (χ1v) is 11.0. The van der Waals surface area contributed by atoms with Gasteiger partial charge in [-0.3, -0.25) is 9.80 Å². The Kier molecular flexibility index (Phi) is 6.43. The molecule has 4 rings (SSSR count). The zero-order valence-electron chi connectivity index (χ0n) is 18.6. The molecule has 0 radical (unpaired) electrons. The maximum Gasteiger partial charge on any atom is 0.173 e. The normalized spacial score (nSPS) is 17.4. The Hall–Kier alpha value is -2.64.